The van der Waals surface area contributed by atoms with Crippen LogP contribution in [0.3, 0.4) is 0 Å². The SMILES string of the molecule is O=C(/C=C\c1cccnc1)NCCCCC1CCN(C(=O)Nc2cccc3ccccc23)CC1. The van der Waals surface area contributed by atoms with Crippen LogP contribution < -0.4 is 10.6 Å². The fourth-order valence-corrected chi connectivity index (χ4v) is 4.43. The summed E-state index contributed by atoms with van der Waals surface area (Å²) in [5.74, 6) is 0.567. The molecule has 3 amide bonds. The number of hydrogen-bond donors (Lipinski definition) is 2. The molecule has 4 rings (SSSR count). The summed E-state index contributed by atoms with van der Waals surface area (Å²) >= 11 is 0. The second-order valence-corrected chi connectivity index (χ2v) is 8.79. The first-order valence-corrected chi connectivity index (χ1v) is 12.1. The molecule has 1 fully saturated rings. The summed E-state index contributed by atoms with van der Waals surface area (Å²) in [7, 11) is 0. The van der Waals surface area contributed by atoms with Crippen molar-refractivity contribution in [2.75, 3.05) is 25.0 Å². The summed E-state index contributed by atoms with van der Waals surface area (Å²) in [6.45, 7) is 2.26. The average molecular weight is 457 g/mol. The number of rotatable bonds is 8. The smallest absolute Gasteiger partial charge is 0.321 e. The number of urea groups is 1. The lowest BCUT2D eigenvalue weighted by molar-refractivity contribution is -0.116. The molecule has 6 heteroatoms. The Labute approximate surface area is 201 Å². The second-order valence-electron chi connectivity index (χ2n) is 8.79. The fourth-order valence-electron chi connectivity index (χ4n) is 4.43. The van der Waals surface area contributed by atoms with E-state index in [4.69, 9.17) is 0 Å². The molecule has 3 aromatic rings. The number of anilines is 1. The van der Waals surface area contributed by atoms with Crippen molar-refractivity contribution in [3.63, 3.8) is 0 Å². The Bertz CT molecular complexity index is 1120. The first-order valence-electron chi connectivity index (χ1n) is 12.1. The molecule has 176 valence electrons. The highest BCUT2D eigenvalue weighted by Crippen LogP contribution is 2.25. The minimum absolute atomic E-state index is 0.0168. The number of pyridine rings is 1. The van der Waals surface area contributed by atoms with E-state index in [0.29, 0.717) is 12.5 Å². The van der Waals surface area contributed by atoms with Gasteiger partial charge in [-0.25, -0.2) is 4.79 Å². The number of carbonyl (C=O) groups is 2. The van der Waals surface area contributed by atoms with Crippen molar-refractivity contribution in [3.8, 4) is 0 Å². The van der Waals surface area contributed by atoms with Gasteiger partial charge in [0, 0.05) is 43.5 Å². The van der Waals surface area contributed by atoms with Gasteiger partial charge in [-0.2, -0.15) is 0 Å². The van der Waals surface area contributed by atoms with Crippen LogP contribution in [0.2, 0.25) is 0 Å². The maximum atomic E-state index is 12.8. The van der Waals surface area contributed by atoms with Gasteiger partial charge >= 0.3 is 6.03 Å². The quantitative estimate of drug-likeness (QED) is 0.348. The minimum Gasteiger partial charge on any atom is -0.353 e. The molecule has 6 nitrogen and oxygen atoms in total. The van der Waals surface area contributed by atoms with Crippen LogP contribution in [0.5, 0.6) is 0 Å². The van der Waals surface area contributed by atoms with E-state index < -0.39 is 0 Å². The fraction of sp³-hybridized carbons (Fsp3) is 0.321. The zero-order chi connectivity index (χ0) is 23.6. The van der Waals surface area contributed by atoms with Crippen LogP contribution >= 0.6 is 0 Å². The number of hydrogen-bond acceptors (Lipinski definition) is 3. The molecule has 1 saturated heterocycles. The number of amides is 3. The number of piperidine rings is 1. The Balaban J connectivity index is 1.12. The van der Waals surface area contributed by atoms with Gasteiger partial charge in [-0.05, 0) is 54.3 Å². The van der Waals surface area contributed by atoms with Gasteiger partial charge < -0.3 is 15.5 Å². The van der Waals surface area contributed by atoms with Crippen LogP contribution in [-0.2, 0) is 4.79 Å². The van der Waals surface area contributed by atoms with Gasteiger partial charge in [0.25, 0.3) is 0 Å². The van der Waals surface area contributed by atoms with E-state index in [1.807, 2.05) is 47.4 Å². The molecule has 2 heterocycles. The molecular formula is C28H32N4O2. The highest BCUT2D eigenvalue weighted by Gasteiger charge is 2.22. The molecule has 1 aliphatic heterocycles. The predicted molar refractivity (Wildman–Crippen MR) is 137 cm³/mol. The van der Waals surface area contributed by atoms with Gasteiger partial charge in [-0.1, -0.05) is 55.3 Å². The van der Waals surface area contributed by atoms with Crippen LogP contribution in [0.25, 0.3) is 16.8 Å². The van der Waals surface area contributed by atoms with E-state index in [0.717, 1.165) is 67.2 Å². The third-order valence-corrected chi connectivity index (χ3v) is 6.38. The maximum Gasteiger partial charge on any atom is 0.321 e. The summed E-state index contributed by atoms with van der Waals surface area (Å²) in [5, 5.41) is 8.23. The normalized spacial score (nSPS) is 14.4. The van der Waals surface area contributed by atoms with E-state index in [2.05, 4.69) is 27.8 Å². The topological polar surface area (TPSA) is 74.3 Å². The number of fused-ring (bicyclic) bond motifs is 1. The molecular weight excluding hydrogens is 424 g/mol. The van der Waals surface area contributed by atoms with Crippen LogP contribution in [0.1, 0.15) is 37.7 Å². The van der Waals surface area contributed by atoms with E-state index in [-0.39, 0.29) is 11.9 Å². The van der Waals surface area contributed by atoms with Crippen molar-refractivity contribution < 1.29 is 9.59 Å². The number of nitrogens with zero attached hydrogens (tertiary/aromatic N) is 2. The molecule has 2 N–H and O–H groups in total. The number of carbonyl (C=O) groups excluding carboxylic acids is 2. The lowest BCUT2D eigenvalue weighted by atomic mass is 9.91. The molecule has 0 bridgehead atoms. The van der Waals surface area contributed by atoms with Crippen LogP contribution in [0, 0.1) is 5.92 Å². The largest absolute Gasteiger partial charge is 0.353 e. The van der Waals surface area contributed by atoms with Crippen molar-refractivity contribution in [3.05, 3.63) is 78.6 Å². The predicted octanol–water partition coefficient (Wildman–Crippen LogP) is 5.48. The summed E-state index contributed by atoms with van der Waals surface area (Å²) in [6, 6.07) is 17.8. The summed E-state index contributed by atoms with van der Waals surface area (Å²) < 4.78 is 0. The molecule has 1 aliphatic rings. The van der Waals surface area contributed by atoms with Crippen molar-refractivity contribution in [1.29, 1.82) is 0 Å². The van der Waals surface area contributed by atoms with Crippen molar-refractivity contribution in [2.45, 2.75) is 32.1 Å². The molecule has 0 atom stereocenters. The van der Waals surface area contributed by atoms with Gasteiger partial charge in [-0.15, -0.1) is 0 Å². The molecule has 1 aromatic heterocycles. The summed E-state index contributed by atoms with van der Waals surface area (Å²) in [5.41, 5.74) is 1.78. The number of likely N-dealkylation sites (tertiary alicyclic amines) is 1. The maximum absolute atomic E-state index is 12.8. The zero-order valence-electron chi connectivity index (χ0n) is 19.5. The summed E-state index contributed by atoms with van der Waals surface area (Å²) in [4.78, 5) is 30.7. The van der Waals surface area contributed by atoms with E-state index >= 15 is 0 Å². The minimum atomic E-state index is -0.0747. The molecule has 34 heavy (non-hydrogen) atoms. The molecule has 0 radical (unpaired) electrons. The van der Waals surface area contributed by atoms with Gasteiger partial charge in [0.2, 0.25) is 5.91 Å². The van der Waals surface area contributed by atoms with E-state index in [1.54, 1.807) is 24.5 Å². The highest BCUT2D eigenvalue weighted by atomic mass is 16.2. The first-order chi connectivity index (χ1) is 16.7. The highest BCUT2D eigenvalue weighted by molar-refractivity contribution is 6.01. The number of nitrogens with one attached hydrogen (secondary N) is 2. The Morgan fingerprint density at radius 1 is 1.00 bits per heavy atom. The third kappa shape index (κ3) is 6.67. The number of aromatic nitrogens is 1. The Morgan fingerprint density at radius 2 is 1.82 bits per heavy atom. The van der Waals surface area contributed by atoms with Gasteiger partial charge in [0.1, 0.15) is 0 Å². The zero-order valence-corrected chi connectivity index (χ0v) is 19.5. The second kappa shape index (κ2) is 12.0. The molecule has 0 spiro atoms. The van der Waals surface area contributed by atoms with Crippen LogP contribution in [0.4, 0.5) is 10.5 Å². The summed E-state index contributed by atoms with van der Waals surface area (Å²) in [6.07, 6.45) is 12.0. The third-order valence-electron chi connectivity index (χ3n) is 6.38. The van der Waals surface area contributed by atoms with Crippen LogP contribution in [0.15, 0.2) is 73.1 Å². The first kappa shape index (κ1) is 23.5. The lowest BCUT2D eigenvalue weighted by Gasteiger charge is -2.32. The molecule has 0 aliphatic carbocycles. The Kier molecular flexibility index (Phi) is 8.27. The van der Waals surface area contributed by atoms with Crippen LogP contribution in [-0.4, -0.2) is 41.5 Å². The van der Waals surface area contributed by atoms with Gasteiger partial charge in [0.05, 0.1) is 5.69 Å². The molecule has 2 aromatic carbocycles. The van der Waals surface area contributed by atoms with E-state index in [1.165, 1.54) is 0 Å². The van der Waals surface area contributed by atoms with Crippen molar-refractivity contribution >= 4 is 34.5 Å². The average Bonchev–Trinajstić information content (AvgIpc) is 2.88. The van der Waals surface area contributed by atoms with Crippen molar-refractivity contribution in [1.82, 2.24) is 15.2 Å². The molecule has 0 saturated carbocycles. The monoisotopic (exact) mass is 456 g/mol. The standard InChI is InChI=1S/C28H32N4O2/c33-27(14-13-23-8-6-17-29-21-23)30-18-4-3-7-22-15-19-32(20-16-22)28(34)31-26-12-5-10-24-9-1-2-11-25(24)26/h1-2,5-6,8-14,17,21-22H,3-4,7,15-16,18-20H2,(H,30,33)(H,31,34)/b14-13-. The number of unbranched alkanes of at least 4 members (excludes halogenated alkanes) is 1. The van der Waals surface area contributed by atoms with Gasteiger partial charge in [-0.3, -0.25) is 9.78 Å². The number of benzene rings is 2. The lowest BCUT2D eigenvalue weighted by Crippen LogP contribution is -2.41. The van der Waals surface area contributed by atoms with Gasteiger partial charge in [0.15, 0.2) is 0 Å². The van der Waals surface area contributed by atoms with E-state index in [9.17, 15) is 9.59 Å². The Hall–Kier alpha value is -3.67. The van der Waals surface area contributed by atoms with Crippen molar-refractivity contribution in [2.24, 2.45) is 5.92 Å². The Morgan fingerprint density at radius 3 is 2.65 bits per heavy atom. The molecule has 0 unspecified atom stereocenters.